The monoisotopic (exact) mass is 440 g/mol. The Morgan fingerprint density at radius 2 is 1.44 bits per heavy atom. The second-order valence-corrected chi connectivity index (χ2v) is 15.0. The molecule has 32 heavy (non-hydrogen) atoms. The third-order valence-electron chi connectivity index (χ3n) is 12.7. The maximum Gasteiger partial charge on any atom is 0.309 e. The molecule has 0 radical (unpaired) electrons. The van der Waals surface area contributed by atoms with Gasteiger partial charge in [0.2, 0.25) is 0 Å². The molecule has 0 aliphatic heterocycles. The first-order valence-corrected chi connectivity index (χ1v) is 13.7. The number of carbonyl (C=O) groups is 1. The minimum atomic E-state index is -0.547. The van der Waals surface area contributed by atoms with Crippen molar-refractivity contribution in [3.8, 4) is 0 Å². The van der Waals surface area contributed by atoms with Crippen LogP contribution in [0.15, 0.2) is 11.6 Å². The third-order valence-corrected chi connectivity index (χ3v) is 12.7. The van der Waals surface area contributed by atoms with Crippen molar-refractivity contribution in [1.29, 1.82) is 0 Å². The molecular formula is C30H48O2. The van der Waals surface area contributed by atoms with Crippen molar-refractivity contribution >= 4 is 5.97 Å². The zero-order chi connectivity index (χ0) is 23.4. The summed E-state index contributed by atoms with van der Waals surface area (Å²) >= 11 is 0. The van der Waals surface area contributed by atoms with Crippen LogP contribution in [0.5, 0.6) is 0 Å². The van der Waals surface area contributed by atoms with E-state index in [1.165, 1.54) is 51.4 Å². The molecule has 0 amide bonds. The van der Waals surface area contributed by atoms with Gasteiger partial charge in [0.1, 0.15) is 0 Å². The minimum absolute atomic E-state index is 0.160. The summed E-state index contributed by atoms with van der Waals surface area (Å²) in [4.78, 5) is 12.4. The van der Waals surface area contributed by atoms with Gasteiger partial charge in [0.25, 0.3) is 0 Å². The predicted octanol–water partition coefficient (Wildman–Crippen LogP) is 8.26. The van der Waals surface area contributed by atoms with Gasteiger partial charge in [0.05, 0.1) is 5.41 Å². The van der Waals surface area contributed by atoms with Crippen LogP contribution < -0.4 is 0 Å². The number of rotatable bonds is 1. The van der Waals surface area contributed by atoms with Gasteiger partial charge >= 0.3 is 5.97 Å². The van der Waals surface area contributed by atoms with Gasteiger partial charge in [-0.3, -0.25) is 4.79 Å². The van der Waals surface area contributed by atoms with E-state index in [0.29, 0.717) is 28.1 Å². The van der Waals surface area contributed by atoms with Crippen LogP contribution in [0.2, 0.25) is 0 Å². The largest absolute Gasteiger partial charge is 0.481 e. The molecule has 0 saturated heterocycles. The molecule has 0 aromatic carbocycles. The van der Waals surface area contributed by atoms with Gasteiger partial charge in [-0.2, -0.15) is 0 Å². The fourth-order valence-electron chi connectivity index (χ4n) is 10.9. The Morgan fingerprint density at radius 1 is 0.812 bits per heavy atom. The van der Waals surface area contributed by atoms with Crippen LogP contribution in [0.1, 0.15) is 119 Å². The standard InChI is InChI=1S/C30H48O2/c1-25(2)17-18-26(3)14-9-20-28(5)15-11-22-27(4,12-8-13-30(22,7)24(31)32)21(28)10-16-29(20,6)23(26)19-25/h9,21-23H,8,10-19H2,1-7H3,(H,31,32)/t21-,22-,23-,26+,27-,28+,29-,30+/m1/s1. The van der Waals surface area contributed by atoms with E-state index in [1.54, 1.807) is 5.57 Å². The maximum absolute atomic E-state index is 12.4. The Kier molecular flexibility index (Phi) is 4.78. The second kappa shape index (κ2) is 6.66. The van der Waals surface area contributed by atoms with E-state index >= 15 is 0 Å². The first kappa shape index (κ1) is 23.0. The molecule has 180 valence electrons. The summed E-state index contributed by atoms with van der Waals surface area (Å²) in [6, 6.07) is 0. The first-order chi connectivity index (χ1) is 14.7. The SMILES string of the molecule is CC1(C)CC[C@]2(C)CC=C3[C@]4(C)CC[C@@H]5[C@](C)(CCC[C@]5(C)C(=O)O)[C@H]4CC[C@@]3(C)[C@@H]2C1. The molecule has 0 unspecified atom stereocenters. The molecule has 2 heteroatoms. The molecule has 0 aromatic heterocycles. The fourth-order valence-corrected chi connectivity index (χ4v) is 10.9. The Balaban J connectivity index is 1.56. The van der Waals surface area contributed by atoms with E-state index < -0.39 is 11.4 Å². The van der Waals surface area contributed by atoms with E-state index in [1.807, 2.05) is 0 Å². The van der Waals surface area contributed by atoms with Crippen LogP contribution in [0.3, 0.4) is 0 Å². The van der Waals surface area contributed by atoms with Crippen LogP contribution in [0, 0.1) is 50.2 Å². The van der Waals surface area contributed by atoms with Crippen molar-refractivity contribution in [2.45, 2.75) is 119 Å². The topological polar surface area (TPSA) is 37.3 Å². The van der Waals surface area contributed by atoms with Gasteiger partial charge in [-0.25, -0.2) is 0 Å². The summed E-state index contributed by atoms with van der Waals surface area (Å²) in [5, 5.41) is 10.2. The summed E-state index contributed by atoms with van der Waals surface area (Å²) in [6.45, 7) is 17.4. The van der Waals surface area contributed by atoms with Crippen molar-refractivity contribution in [1.82, 2.24) is 0 Å². The molecule has 8 atom stereocenters. The number of aliphatic carboxylic acids is 1. The summed E-state index contributed by atoms with van der Waals surface area (Å²) in [6.07, 6.45) is 16.1. The van der Waals surface area contributed by atoms with Crippen molar-refractivity contribution in [3.63, 3.8) is 0 Å². The average Bonchev–Trinajstić information content (AvgIpc) is 2.68. The van der Waals surface area contributed by atoms with E-state index in [2.05, 4.69) is 54.5 Å². The van der Waals surface area contributed by atoms with E-state index in [0.717, 1.165) is 25.2 Å². The smallest absolute Gasteiger partial charge is 0.309 e. The molecule has 0 aromatic rings. The van der Waals surface area contributed by atoms with Crippen molar-refractivity contribution in [2.24, 2.45) is 50.2 Å². The highest BCUT2D eigenvalue weighted by Crippen LogP contribution is 2.75. The van der Waals surface area contributed by atoms with E-state index in [9.17, 15) is 9.90 Å². The van der Waals surface area contributed by atoms with Crippen LogP contribution >= 0.6 is 0 Å². The molecule has 1 N–H and O–H groups in total. The quantitative estimate of drug-likeness (QED) is 0.417. The molecule has 0 spiro atoms. The van der Waals surface area contributed by atoms with Crippen molar-refractivity contribution in [2.75, 3.05) is 0 Å². The summed E-state index contributed by atoms with van der Waals surface area (Å²) < 4.78 is 0. The molecule has 4 fully saturated rings. The number of carboxylic acid groups (broad SMARTS) is 1. The summed E-state index contributed by atoms with van der Waals surface area (Å²) in [5.74, 6) is 1.20. The lowest BCUT2D eigenvalue weighted by molar-refractivity contribution is -0.183. The highest BCUT2D eigenvalue weighted by atomic mass is 16.4. The van der Waals surface area contributed by atoms with Gasteiger partial charge in [-0.1, -0.05) is 59.6 Å². The molecule has 5 aliphatic carbocycles. The second-order valence-electron chi connectivity index (χ2n) is 15.0. The Labute approximate surface area is 197 Å². The van der Waals surface area contributed by atoms with Gasteiger partial charge in [0, 0.05) is 0 Å². The number of hydrogen-bond donors (Lipinski definition) is 1. The predicted molar refractivity (Wildman–Crippen MR) is 131 cm³/mol. The lowest BCUT2D eigenvalue weighted by atomic mass is 9.35. The summed E-state index contributed by atoms with van der Waals surface area (Å²) in [7, 11) is 0. The third kappa shape index (κ3) is 2.79. The Morgan fingerprint density at radius 3 is 2.09 bits per heavy atom. The molecule has 4 saturated carbocycles. The molecule has 2 nitrogen and oxygen atoms in total. The number of carboxylic acids is 1. The van der Waals surface area contributed by atoms with Crippen LogP contribution in [-0.4, -0.2) is 11.1 Å². The average molecular weight is 441 g/mol. The highest BCUT2D eigenvalue weighted by Gasteiger charge is 2.67. The van der Waals surface area contributed by atoms with Crippen LogP contribution in [0.25, 0.3) is 0 Å². The minimum Gasteiger partial charge on any atom is -0.481 e. The normalized spacial score (nSPS) is 54.3. The molecule has 5 rings (SSSR count). The van der Waals surface area contributed by atoms with Crippen molar-refractivity contribution in [3.05, 3.63) is 11.6 Å². The number of hydrogen-bond acceptors (Lipinski definition) is 1. The first-order valence-electron chi connectivity index (χ1n) is 13.7. The van der Waals surface area contributed by atoms with Gasteiger partial charge in [-0.05, 0) is 116 Å². The lowest BCUT2D eigenvalue weighted by Crippen LogP contribution is -2.62. The summed E-state index contributed by atoms with van der Waals surface area (Å²) in [5.41, 5.74) is 2.91. The van der Waals surface area contributed by atoms with Crippen LogP contribution in [-0.2, 0) is 4.79 Å². The molecule has 0 bridgehead atoms. The highest BCUT2D eigenvalue weighted by molar-refractivity contribution is 5.75. The van der Waals surface area contributed by atoms with Crippen molar-refractivity contribution < 1.29 is 9.90 Å². The van der Waals surface area contributed by atoms with Gasteiger partial charge in [-0.15, -0.1) is 0 Å². The Hall–Kier alpha value is -0.790. The Bertz CT molecular complexity index is 855. The number of allylic oxidation sites excluding steroid dienone is 2. The molecular weight excluding hydrogens is 392 g/mol. The molecule has 0 heterocycles. The number of fused-ring (bicyclic) bond motifs is 7. The zero-order valence-corrected chi connectivity index (χ0v) is 21.9. The van der Waals surface area contributed by atoms with Gasteiger partial charge < -0.3 is 5.11 Å². The van der Waals surface area contributed by atoms with Crippen LogP contribution in [0.4, 0.5) is 0 Å². The van der Waals surface area contributed by atoms with E-state index in [4.69, 9.17) is 0 Å². The zero-order valence-electron chi connectivity index (χ0n) is 21.9. The molecule has 5 aliphatic rings. The fraction of sp³-hybridized carbons (Fsp3) is 0.900. The van der Waals surface area contributed by atoms with E-state index in [-0.39, 0.29) is 10.8 Å². The maximum atomic E-state index is 12.4. The van der Waals surface area contributed by atoms with Gasteiger partial charge in [0.15, 0.2) is 0 Å². The lowest BCUT2D eigenvalue weighted by Gasteiger charge is -2.69.